The van der Waals surface area contributed by atoms with E-state index in [0.29, 0.717) is 27.4 Å². The van der Waals surface area contributed by atoms with Gasteiger partial charge in [0.15, 0.2) is 5.76 Å². The quantitative estimate of drug-likeness (QED) is 0.655. The van der Waals surface area contributed by atoms with Crippen LogP contribution in [0, 0.1) is 5.82 Å². The number of aromatic nitrogens is 2. The lowest BCUT2D eigenvalue weighted by molar-refractivity contribution is -0.115. The van der Waals surface area contributed by atoms with Gasteiger partial charge in [-0.1, -0.05) is 23.4 Å². The van der Waals surface area contributed by atoms with E-state index in [1.807, 2.05) is 0 Å². The summed E-state index contributed by atoms with van der Waals surface area (Å²) in [6.07, 6.45) is 3.00. The van der Waals surface area contributed by atoms with Crippen molar-refractivity contribution in [3.63, 3.8) is 0 Å². The third-order valence-corrected chi connectivity index (χ3v) is 4.42. The predicted molar refractivity (Wildman–Crippen MR) is 95.1 cm³/mol. The molecule has 1 N–H and O–H groups in total. The summed E-state index contributed by atoms with van der Waals surface area (Å²) >= 11 is 6.93. The second kappa shape index (κ2) is 7.67. The van der Waals surface area contributed by atoms with Gasteiger partial charge >= 0.3 is 0 Å². The molecule has 0 saturated heterocycles. The average Bonchev–Trinajstić information content (AvgIpc) is 3.06. The summed E-state index contributed by atoms with van der Waals surface area (Å²) in [4.78, 5) is 20.4. The number of hydrogen-bond donors (Lipinski definition) is 1. The van der Waals surface area contributed by atoms with E-state index in [0.717, 1.165) is 0 Å². The topological polar surface area (TPSA) is 68.0 Å². The number of benzene rings is 1. The fourth-order valence-electron chi connectivity index (χ4n) is 1.94. The first-order chi connectivity index (χ1) is 12.0. The maximum atomic E-state index is 13.0. The SMILES string of the molecule is C[C@@H](Sc1ncc(-c2ccc(F)cc2)o1)C(=O)Nc1ccc(Cl)cn1. The molecule has 1 atom stereocenters. The Morgan fingerprint density at radius 3 is 2.64 bits per heavy atom. The Kier molecular flexibility index (Phi) is 5.35. The maximum Gasteiger partial charge on any atom is 0.256 e. The molecule has 2 heterocycles. The monoisotopic (exact) mass is 377 g/mol. The summed E-state index contributed by atoms with van der Waals surface area (Å²) in [5, 5.41) is 3.09. The number of amides is 1. The van der Waals surface area contributed by atoms with Crippen molar-refractivity contribution in [2.45, 2.75) is 17.4 Å². The van der Waals surface area contributed by atoms with E-state index in [1.54, 1.807) is 37.4 Å². The largest absolute Gasteiger partial charge is 0.431 e. The van der Waals surface area contributed by atoms with Gasteiger partial charge in [0.1, 0.15) is 11.6 Å². The molecule has 0 aliphatic rings. The van der Waals surface area contributed by atoms with Gasteiger partial charge in [-0.3, -0.25) is 4.79 Å². The molecular weight excluding hydrogens is 365 g/mol. The second-order valence-corrected chi connectivity index (χ2v) is 6.84. The molecule has 0 radical (unpaired) electrons. The fraction of sp³-hybridized carbons (Fsp3) is 0.118. The van der Waals surface area contributed by atoms with Gasteiger partial charge in [-0.25, -0.2) is 14.4 Å². The normalized spacial score (nSPS) is 12.0. The molecule has 0 unspecified atom stereocenters. The molecule has 25 heavy (non-hydrogen) atoms. The summed E-state index contributed by atoms with van der Waals surface area (Å²) in [6.45, 7) is 1.73. The standard InChI is InChI=1S/C17H13ClFN3O2S/c1-10(16(23)22-15-7-4-12(18)8-20-15)25-17-21-9-14(24-17)11-2-5-13(19)6-3-11/h2-10H,1H3,(H,20,22,23)/t10-/m1/s1. The summed E-state index contributed by atoms with van der Waals surface area (Å²) < 4.78 is 18.6. The van der Waals surface area contributed by atoms with E-state index >= 15 is 0 Å². The summed E-state index contributed by atoms with van der Waals surface area (Å²) in [5.74, 6) is 0.371. The Morgan fingerprint density at radius 1 is 1.20 bits per heavy atom. The number of nitrogens with zero attached hydrogens (tertiary/aromatic N) is 2. The predicted octanol–water partition coefficient (Wildman–Crippen LogP) is 4.65. The highest BCUT2D eigenvalue weighted by atomic mass is 35.5. The van der Waals surface area contributed by atoms with Crippen LogP contribution in [0.1, 0.15) is 6.92 Å². The van der Waals surface area contributed by atoms with E-state index in [1.165, 1.54) is 30.1 Å². The third kappa shape index (κ3) is 4.58. The highest BCUT2D eigenvalue weighted by Gasteiger charge is 2.18. The van der Waals surface area contributed by atoms with Crippen molar-refractivity contribution in [1.82, 2.24) is 9.97 Å². The molecule has 8 heteroatoms. The molecule has 0 fully saturated rings. The molecular formula is C17H13ClFN3O2S. The molecule has 0 bridgehead atoms. The fourth-order valence-corrected chi connectivity index (χ4v) is 2.77. The minimum absolute atomic E-state index is 0.235. The third-order valence-electron chi connectivity index (χ3n) is 3.24. The van der Waals surface area contributed by atoms with Gasteiger partial charge in [0.2, 0.25) is 5.91 Å². The number of anilines is 1. The van der Waals surface area contributed by atoms with Gasteiger partial charge in [0.05, 0.1) is 16.5 Å². The van der Waals surface area contributed by atoms with Crippen LogP contribution in [0.25, 0.3) is 11.3 Å². The van der Waals surface area contributed by atoms with Crippen molar-refractivity contribution < 1.29 is 13.6 Å². The molecule has 128 valence electrons. The van der Waals surface area contributed by atoms with Crippen LogP contribution < -0.4 is 5.32 Å². The van der Waals surface area contributed by atoms with Crippen LogP contribution in [0.15, 0.2) is 58.4 Å². The molecule has 0 aliphatic heterocycles. The second-order valence-electron chi connectivity index (χ2n) is 5.11. The highest BCUT2D eigenvalue weighted by Crippen LogP contribution is 2.28. The Bertz CT molecular complexity index is 868. The molecule has 1 aromatic carbocycles. The van der Waals surface area contributed by atoms with Gasteiger partial charge in [-0.05, 0) is 43.3 Å². The van der Waals surface area contributed by atoms with Crippen LogP contribution in [-0.4, -0.2) is 21.1 Å². The van der Waals surface area contributed by atoms with Crippen molar-refractivity contribution in [1.29, 1.82) is 0 Å². The average molecular weight is 378 g/mol. The Hall–Kier alpha value is -2.38. The van der Waals surface area contributed by atoms with Crippen LogP contribution in [0.2, 0.25) is 5.02 Å². The number of oxazole rings is 1. The number of thioether (sulfide) groups is 1. The lowest BCUT2D eigenvalue weighted by atomic mass is 10.2. The molecule has 0 aliphatic carbocycles. The Labute approximate surface area is 152 Å². The van der Waals surface area contributed by atoms with Gasteiger partial charge in [0.25, 0.3) is 5.22 Å². The van der Waals surface area contributed by atoms with Crippen LogP contribution in [0.5, 0.6) is 0 Å². The molecule has 0 saturated carbocycles. The number of carbonyl (C=O) groups excluding carboxylic acids is 1. The van der Waals surface area contributed by atoms with Gasteiger partial charge in [0, 0.05) is 11.8 Å². The van der Waals surface area contributed by atoms with Crippen LogP contribution in [0.4, 0.5) is 10.2 Å². The first-order valence-electron chi connectivity index (χ1n) is 7.32. The van der Waals surface area contributed by atoms with E-state index in [9.17, 15) is 9.18 Å². The minimum atomic E-state index is -0.447. The number of pyridine rings is 1. The number of halogens is 2. The number of carbonyl (C=O) groups is 1. The van der Waals surface area contributed by atoms with Crippen molar-refractivity contribution in [3.8, 4) is 11.3 Å². The highest BCUT2D eigenvalue weighted by molar-refractivity contribution is 8.00. The van der Waals surface area contributed by atoms with E-state index < -0.39 is 5.25 Å². The zero-order chi connectivity index (χ0) is 17.8. The summed E-state index contributed by atoms with van der Waals surface area (Å²) in [6, 6.07) is 9.17. The zero-order valence-electron chi connectivity index (χ0n) is 13.1. The molecule has 2 aromatic heterocycles. The van der Waals surface area contributed by atoms with Crippen molar-refractivity contribution in [2.24, 2.45) is 0 Å². The number of rotatable bonds is 5. The lowest BCUT2D eigenvalue weighted by Gasteiger charge is -2.09. The molecule has 0 spiro atoms. The lowest BCUT2D eigenvalue weighted by Crippen LogP contribution is -2.22. The number of nitrogens with one attached hydrogen (secondary N) is 1. The van der Waals surface area contributed by atoms with Gasteiger partial charge in [-0.2, -0.15) is 0 Å². The Balaban J connectivity index is 1.62. The summed E-state index contributed by atoms with van der Waals surface area (Å²) in [5.41, 5.74) is 0.711. The first-order valence-corrected chi connectivity index (χ1v) is 8.58. The van der Waals surface area contributed by atoms with Gasteiger partial charge in [-0.15, -0.1) is 0 Å². The van der Waals surface area contributed by atoms with Crippen molar-refractivity contribution in [2.75, 3.05) is 5.32 Å². The van der Waals surface area contributed by atoms with Crippen LogP contribution >= 0.6 is 23.4 Å². The molecule has 1 amide bonds. The Morgan fingerprint density at radius 2 is 1.96 bits per heavy atom. The van der Waals surface area contributed by atoms with E-state index in [-0.39, 0.29) is 11.7 Å². The van der Waals surface area contributed by atoms with Crippen LogP contribution in [0.3, 0.4) is 0 Å². The van der Waals surface area contributed by atoms with E-state index in [4.69, 9.17) is 16.0 Å². The maximum absolute atomic E-state index is 13.0. The molecule has 3 rings (SSSR count). The zero-order valence-corrected chi connectivity index (χ0v) is 14.6. The molecule has 3 aromatic rings. The smallest absolute Gasteiger partial charge is 0.256 e. The van der Waals surface area contributed by atoms with Crippen molar-refractivity contribution >= 4 is 35.1 Å². The van der Waals surface area contributed by atoms with Crippen molar-refractivity contribution in [3.05, 3.63) is 59.6 Å². The first kappa shape index (κ1) is 17.4. The van der Waals surface area contributed by atoms with Gasteiger partial charge < -0.3 is 9.73 Å². The van der Waals surface area contributed by atoms with E-state index in [2.05, 4.69) is 15.3 Å². The van der Waals surface area contributed by atoms with Crippen LogP contribution in [-0.2, 0) is 4.79 Å². The minimum Gasteiger partial charge on any atom is -0.431 e. The summed E-state index contributed by atoms with van der Waals surface area (Å²) in [7, 11) is 0. The number of hydrogen-bond acceptors (Lipinski definition) is 5. The molecule has 5 nitrogen and oxygen atoms in total.